The summed E-state index contributed by atoms with van der Waals surface area (Å²) in [7, 11) is -3.60. The number of carbonyl (C=O) groups is 2. The second-order valence-corrected chi connectivity index (χ2v) is 11.4. The van der Waals surface area contributed by atoms with E-state index in [0.717, 1.165) is 16.5 Å². The van der Waals surface area contributed by atoms with Crippen LogP contribution < -0.4 is 0 Å². The third-order valence-electron chi connectivity index (χ3n) is 6.76. The fourth-order valence-electron chi connectivity index (χ4n) is 4.83. The quantitative estimate of drug-likeness (QED) is 0.490. The lowest BCUT2D eigenvalue weighted by Crippen LogP contribution is -2.47. The van der Waals surface area contributed by atoms with Crippen molar-refractivity contribution >= 4 is 56.6 Å². The smallest absolute Gasteiger partial charge is 0.330 e. The van der Waals surface area contributed by atoms with Crippen molar-refractivity contribution in [2.24, 2.45) is 0 Å². The molecule has 0 saturated carbocycles. The Kier molecular flexibility index (Phi) is 7.13. The van der Waals surface area contributed by atoms with Gasteiger partial charge in [0.05, 0.1) is 29.1 Å². The highest BCUT2D eigenvalue weighted by molar-refractivity contribution is 7.91. The summed E-state index contributed by atoms with van der Waals surface area (Å²) < 4.78 is 27.3. The Labute approximate surface area is 215 Å². The van der Waals surface area contributed by atoms with Crippen molar-refractivity contribution in [1.29, 1.82) is 0 Å². The SMILES string of the molecule is Cc1ncc2n1C(=O)N(C1CCN(C(=O)CCS(=O)(=O)c3ccc4cc(Cl)ccc4c3)CC1)C2.Cl. The van der Waals surface area contributed by atoms with E-state index in [1.807, 2.05) is 11.8 Å². The Balaban J connectivity index is 0.00000289. The van der Waals surface area contributed by atoms with Crippen molar-refractivity contribution in [2.75, 3.05) is 18.8 Å². The van der Waals surface area contributed by atoms with Gasteiger partial charge in [-0.3, -0.25) is 9.36 Å². The largest absolute Gasteiger partial charge is 0.343 e. The van der Waals surface area contributed by atoms with Crippen molar-refractivity contribution in [2.45, 2.75) is 43.7 Å². The van der Waals surface area contributed by atoms with Gasteiger partial charge in [-0.15, -0.1) is 12.4 Å². The topological polar surface area (TPSA) is 92.6 Å². The van der Waals surface area contributed by atoms with Gasteiger partial charge in [-0.05, 0) is 54.8 Å². The maximum absolute atomic E-state index is 12.9. The average molecular weight is 537 g/mol. The molecule has 35 heavy (non-hydrogen) atoms. The maximum atomic E-state index is 12.9. The van der Waals surface area contributed by atoms with Gasteiger partial charge in [0.1, 0.15) is 5.82 Å². The van der Waals surface area contributed by atoms with Crippen LogP contribution in [0.3, 0.4) is 0 Å². The molecule has 0 unspecified atom stereocenters. The number of halogens is 2. The number of hydrogen-bond acceptors (Lipinski definition) is 5. The Morgan fingerprint density at radius 3 is 2.51 bits per heavy atom. The summed E-state index contributed by atoms with van der Waals surface area (Å²) in [5.74, 6) is 0.275. The molecular weight excluding hydrogens is 511 g/mol. The zero-order chi connectivity index (χ0) is 24.0. The third kappa shape index (κ3) is 4.90. The zero-order valence-electron chi connectivity index (χ0n) is 19.2. The minimum atomic E-state index is -3.60. The van der Waals surface area contributed by atoms with E-state index < -0.39 is 9.84 Å². The van der Waals surface area contributed by atoms with Gasteiger partial charge in [-0.25, -0.2) is 18.2 Å². The van der Waals surface area contributed by atoms with Crippen LogP contribution in [0.2, 0.25) is 5.02 Å². The molecule has 2 aromatic carbocycles. The fraction of sp³-hybridized carbons (Fsp3) is 0.375. The van der Waals surface area contributed by atoms with Crippen LogP contribution in [0.25, 0.3) is 10.8 Å². The van der Waals surface area contributed by atoms with Crippen LogP contribution in [-0.2, 0) is 21.2 Å². The van der Waals surface area contributed by atoms with Crippen LogP contribution in [0.1, 0.15) is 30.8 Å². The fourth-order valence-corrected chi connectivity index (χ4v) is 6.27. The summed E-state index contributed by atoms with van der Waals surface area (Å²) in [6.45, 7) is 3.37. The van der Waals surface area contributed by atoms with Gasteiger partial charge < -0.3 is 9.80 Å². The lowest BCUT2D eigenvalue weighted by atomic mass is 10.0. The van der Waals surface area contributed by atoms with Crippen LogP contribution in [0.5, 0.6) is 0 Å². The molecule has 0 bridgehead atoms. The first-order chi connectivity index (χ1) is 16.2. The second kappa shape index (κ2) is 9.79. The van der Waals surface area contributed by atoms with E-state index in [1.165, 1.54) is 0 Å². The molecule has 5 rings (SSSR count). The molecular formula is C24H26Cl2N4O4S. The van der Waals surface area contributed by atoms with Gasteiger partial charge in [-0.2, -0.15) is 0 Å². The van der Waals surface area contributed by atoms with Crippen LogP contribution >= 0.6 is 24.0 Å². The zero-order valence-corrected chi connectivity index (χ0v) is 21.6. The molecule has 186 valence electrons. The highest BCUT2D eigenvalue weighted by Crippen LogP contribution is 2.27. The molecule has 11 heteroatoms. The molecule has 0 aliphatic carbocycles. The molecule has 2 aliphatic heterocycles. The van der Waals surface area contributed by atoms with Crippen molar-refractivity contribution in [3.8, 4) is 0 Å². The van der Waals surface area contributed by atoms with Gasteiger partial charge >= 0.3 is 6.03 Å². The van der Waals surface area contributed by atoms with E-state index in [4.69, 9.17) is 11.6 Å². The van der Waals surface area contributed by atoms with Crippen molar-refractivity contribution in [3.05, 3.63) is 59.1 Å². The van der Waals surface area contributed by atoms with Gasteiger partial charge in [-0.1, -0.05) is 23.7 Å². The summed E-state index contributed by atoms with van der Waals surface area (Å²) in [4.78, 5) is 33.4. The number of nitrogens with zero attached hydrogens (tertiary/aromatic N) is 4. The number of carbonyl (C=O) groups excluding carboxylic acids is 2. The molecule has 1 aromatic heterocycles. The Morgan fingerprint density at radius 1 is 1.11 bits per heavy atom. The number of hydrogen-bond donors (Lipinski definition) is 0. The van der Waals surface area contributed by atoms with Crippen LogP contribution in [-0.4, -0.2) is 64.6 Å². The van der Waals surface area contributed by atoms with Gasteiger partial charge in [0, 0.05) is 30.6 Å². The van der Waals surface area contributed by atoms with Gasteiger partial charge in [0.2, 0.25) is 5.91 Å². The molecule has 3 heterocycles. The molecule has 0 radical (unpaired) electrons. The third-order valence-corrected chi connectivity index (χ3v) is 8.70. The summed E-state index contributed by atoms with van der Waals surface area (Å²) in [5.41, 5.74) is 0.892. The maximum Gasteiger partial charge on any atom is 0.330 e. The van der Waals surface area contributed by atoms with E-state index >= 15 is 0 Å². The predicted octanol–water partition coefficient (Wildman–Crippen LogP) is 4.06. The number of amides is 2. The van der Waals surface area contributed by atoms with E-state index in [9.17, 15) is 18.0 Å². The van der Waals surface area contributed by atoms with E-state index in [0.29, 0.717) is 43.3 Å². The Hall–Kier alpha value is -2.62. The number of fused-ring (bicyclic) bond motifs is 2. The number of rotatable bonds is 5. The van der Waals surface area contributed by atoms with E-state index in [2.05, 4.69) is 4.98 Å². The summed E-state index contributed by atoms with van der Waals surface area (Å²) >= 11 is 6.00. The average Bonchev–Trinajstić information content (AvgIpc) is 3.36. The van der Waals surface area contributed by atoms with Gasteiger partial charge in [0.15, 0.2) is 9.84 Å². The minimum absolute atomic E-state index is 0. The standard InChI is InChI=1S/C24H25ClN4O4S.ClH/c1-16-26-14-21-15-28(24(31)29(16)21)20-6-9-27(10-7-20)23(30)8-11-34(32,33)22-5-3-17-12-19(25)4-2-18(17)13-22;/h2-5,12-14,20H,6-11,15H2,1H3;1H. The Bertz CT molecular complexity index is 1400. The highest BCUT2D eigenvalue weighted by atomic mass is 35.5. The molecule has 2 amide bonds. The summed E-state index contributed by atoms with van der Waals surface area (Å²) in [6, 6.07) is 10.2. The first kappa shape index (κ1) is 25.5. The lowest BCUT2D eigenvalue weighted by Gasteiger charge is -2.36. The normalized spacial score (nSPS) is 16.5. The highest BCUT2D eigenvalue weighted by Gasteiger charge is 2.36. The number of aromatic nitrogens is 2. The first-order valence-corrected chi connectivity index (χ1v) is 13.3. The van der Waals surface area contributed by atoms with Crippen molar-refractivity contribution < 1.29 is 18.0 Å². The van der Waals surface area contributed by atoms with Crippen LogP contribution in [0.4, 0.5) is 4.79 Å². The van der Waals surface area contributed by atoms with E-state index in [1.54, 1.807) is 52.1 Å². The van der Waals surface area contributed by atoms with Crippen molar-refractivity contribution in [3.63, 3.8) is 0 Å². The molecule has 0 N–H and O–H groups in total. The molecule has 2 aliphatic rings. The number of piperidine rings is 1. The molecule has 0 spiro atoms. The number of likely N-dealkylation sites (tertiary alicyclic amines) is 1. The summed E-state index contributed by atoms with van der Waals surface area (Å²) in [5, 5.41) is 2.24. The predicted molar refractivity (Wildman–Crippen MR) is 136 cm³/mol. The number of benzene rings is 2. The van der Waals surface area contributed by atoms with Crippen LogP contribution in [0, 0.1) is 6.92 Å². The number of aryl methyl sites for hydroxylation is 1. The second-order valence-electron chi connectivity index (χ2n) is 8.88. The molecule has 1 saturated heterocycles. The van der Waals surface area contributed by atoms with Crippen LogP contribution in [0.15, 0.2) is 47.5 Å². The monoisotopic (exact) mass is 536 g/mol. The number of sulfone groups is 1. The minimum Gasteiger partial charge on any atom is -0.343 e. The Morgan fingerprint density at radius 2 is 1.80 bits per heavy atom. The number of imidazole rings is 1. The van der Waals surface area contributed by atoms with Gasteiger partial charge in [0.25, 0.3) is 0 Å². The summed E-state index contributed by atoms with van der Waals surface area (Å²) in [6.07, 6.45) is 3.02. The van der Waals surface area contributed by atoms with E-state index in [-0.39, 0.29) is 47.5 Å². The molecule has 1 fully saturated rings. The van der Waals surface area contributed by atoms with Crippen molar-refractivity contribution in [1.82, 2.24) is 19.4 Å². The molecule has 3 aromatic rings. The molecule has 8 nitrogen and oxygen atoms in total. The lowest BCUT2D eigenvalue weighted by molar-refractivity contribution is -0.132. The first-order valence-electron chi connectivity index (χ1n) is 11.3. The molecule has 0 atom stereocenters.